The molecule has 4 heteroatoms. The van der Waals surface area contributed by atoms with E-state index in [1.807, 2.05) is 18.2 Å². The molecule has 122 valence electrons. The van der Waals surface area contributed by atoms with Crippen LogP contribution in [-0.2, 0) is 0 Å². The fraction of sp³-hybridized carbons (Fsp3) is 0.474. The first-order chi connectivity index (χ1) is 11.1. The number of likely N-dealkylation sites (tertiary alicyclic amines) is 1. The number of nitrogens with zero attached hydrogens (tertiary/aromatic N) is 2. The van der Waals surface area contributed by atoms with Crippen molar-refractivity contribution < 1.29 is 9.50 Å². The highest BCUT2D eigenvalue weighted by atomic mass is 19.1. The van der Waals surface area contributed by atoms with Crippen LogP contribution in [-0.4, -0.2) is 42.3 Å². The minimum Gasteiger partial charge on any atom is -0.391 e. The quantitative estimate of drug-likeness (QED) is 0.929. The Morgan fingerprint density at radius 3 is 2.83 bits per heavy atom. The van der Waals surface area contributed by atoms with Gasteiger partial charge in [0.05, 0.1) is 11.8 Å². The highest BCUT2D eigenvalue weighted by Gasteiger charge is 2.38. The zero-order valence-corrected chi connectivity index (χ0v) is 13.5. The topological polar surface area (TPSA) is 26.7 Å². The molecule has 0 amide bonds. The van der Waals surface area contributed by atoms with E-state index < -0.39 is 0 Å². The lowest BCUT2D eigenvalue weighted by Crippen LogP contribution is -2.30. The average molecular weight is 314 g/mol. The molecule has 1 aromatic carbocycles. The molecule has 0 bridgehead atoms. The number of β-amino-alcohol motifs (C(OH)–C–C–N with tert-alkyl or cyclic N) is 1. The molecule has 0 saturated carbocycles. The predicted octanol–water partition coefficient (Wildman–Crippen LogP) is 2.97. The highest BCUT2D eigenvalue weighted by molar-refractivity contribution is 5.81. The molecule has 3 aliphatic rings. The summed E-state index contributed by atoms with van der Waals surface area (Å²) in [6, 6.07) is 3.43. The van der Waals surface area contributed by atoms with Gasteiger partial charge < -0.3 is 10.0 Å². The van der Waals surface area contributed by atoms with Crippen LogP contribution < -0.4 is 4.90 Å². The van der Waals surface area contributed by atoms with Gasteiger partial charge in [0.1, 0.15) is 5.82 Å². The van der Waals surface area contributed by atoms with Gasteiger partial charge in [-0.15, -0.1) is 0 Å². The highest BCUT2D eigenvalue weighted by Crippen LogP contribution is 2.45. The minimum absolute atomic E-state index is 0.119. The number of aliphatic hydroxyl groups excluding tert-OH is 1. The summed E-state index contributed by atoms with van der Waals surface area (Å²) in [6.07, 6.45) is 4.76. The van der Waals surface area contributed by atoms with Crippen molar-refractivity contribution in [3.63, 3.8) is 0 Å². The first kappa shape index (κ1) is 14.9. The van der Waals surface area contributed by atoms with Crippen LogP contribution in [0.1, 0.15) is 30.4 Å². The van der Waals surface area contributed by atoms with E-state index >= 15 is 0 Å². The van der Waals surface area contributed by atoms with E-state index in [9.17, 15) is 9.50 Å². The lowest BCUT2D eigenvalue weighted by molar-refractivity contribution is 0.139. The predicted molar refractivity (Wildman–Crippen MR) is 90.9 cm³/mol. The van der Waals surface area contributed by atoms with Gasteiger partial charge in [0, 0.05) is 43.4 Å². The molecule has 4 rings (SSSR count). The molecule has 1 aromatic rings. The van der Waals surface area contributed by atoms with Gasteiger partial charge >= 0.3 is 0 Å². The molecule has 0 radical (unpaired) electrons. The van der Waals surface area contributed by atoms with E-state index in [-0.39, 0.29) is 17.8 Å². The molecule has 0 spiro atoms. The lowest BCUT2D eigenvalue weighted by Gasteiger charge is -2.25. The lowest BCUT2D eigenvalue weighted by atomic mass is 9.97. The summed E-state index contributed by atoms with van der Waals surface area (Å²) in [5, 5.41) is 10.1. The molecule has 3 atom stereocenters. The second-order valence-electron chi connectivity index (χ2n) is 6.99. The minimum atomic E-state index is -0.250. The van der Waals surface area contributed by atoms with Crippen molar-refractivity contribution in [2.75, 3.05) is 31.1 Å². The Kier molecular flexibility index (Phi) is 3.54. The Labute approximate surface area is 136 Å². The Balaban J connectivity index is 1.62. The van der Waals surface area contributed by atoms with Crippen LogP contribution in [0.4, 0.5) is 10.1 Å². The van der Waals surface area contributed by atoms with Crippen LogP contribution in [0, 0.1) is 11.7 Å². The van der Waals surface area contributed by atoms with E-state index in [2.05, 4.69) is 23.3 Å². The van der Waals surface area contributed by atoms with Crippen molar-refractivity contribution >= 4 is 11.8 Å². The largest absolute Gasteiger partial charge is 0.391 e. The molecule has 1 unspecified atom stereocenters. The van der Waals surface area contributed by atoms with Gasteiger partial charge in [-0.05, 0) is 36.1 Å². The summed E-state index contributed by atoms with van der Waals surface area (Å²) >= 11 is 0. The van der Waals surface area contributed by atoms with Crippen molar-refractivity contribution in [1.29, 1.82) is 0 Å². The Morgan fingerprint density at radius 2 is 2.09 bits per heavy atom. The van der Waals surface area contributed by atoms with Crippen LogP contribution in [0.5, 0.6) is 0 Å². The number of rotatable bonds is 3. The standard InChI is InChI=1S/C19H23FN2O/c1-3-13-8-21(11-17(13)23)9-15-10-22-12(2)4-5-14-6-7-16(20)18(15)19(14)22/h4-7,13,15,17,23H,2-3,8-11H2,1H3/t13-,15?,17+/m0/s1. The Morgan fingerprint density at radius 1 is 1.26 bits per heavy atom. The van der Waals surface area contributed by atoms with Crippen molar-refractivity contribution in [3.05, 3.63) is 47.4 Å². The maximum Gasteiger partial charge on any atom is 0.128 e. The van der Waals surface area contributed by atoms with Crippen LogP contribution >= 0.6 is 0 Å². The number of benzene rings is 1. The second-order valence-corrected chi connectivity index (χ2v) is 6.99. The van der Waals surface area contributed by atoms with Crippen molar-refractivity contribution in [2.24, 2.45) is 5.92 Å². The fourth-order valence-corrected chi connectivity index (χ4v) is 4.32. The zero-order valence-electron chi connectivity index (χ0n) is 13.5. The molecular formula is C19H23FN2O. The first-order valence-corrected chi connectivity index (χ1v) is 8.45. The molecule has 23 heavy (non-hydrogen) atoms. The smallest absolute Gasteiger partial charge is 0.128 e. The summed E-state index contributed by atoms with van der Waals surface area (Å²) in [6.45, 7) is 9.39. The number of hydrogen-bond donors (Lipinski definition) is 1. The van der Waals surface area contributed by atoms with Crippen molar-refractivity contribution in [3.8, 4) is 0 Å². The van der Waals surface area contributed by atoms with Crippen LogP contribution in [0.2, 0.25) is 0 Å². The van der Waals surface area contributed by atoms with Crippen LogP contribution in [0.25, 0.3) is 6.08 Å². The molecule has 1 N–H and O–H groups in total. The van der Waals surface area contributed by atoms with Gasteiger partial charge in [-0.25, -0.2) is 4.39 Å². The van der Waals surface area contributed by atoms with Gasteiger partial charge in [0.25, 0.3) is 0 Å². The van der Waals surface area contributed by atoms with E-state index in [0.717, 1.165) is 48.6 Å². The molecule has 3 nitrogen and oxygen atoms in total. The van der Waals surface area contributed by atoms with E-state index in [4.69, 9.17) is 0 Å². The number of anilines is 1. The Hall–Kier alpha value is -1.65. The SMILES string of the molecule is C=C1C=Cc2ccc(F)c3c2N1CC3CN1C[C@H](CC)[C@H](O)C1. The first-order valence-electron chi connectivity index (χ1n) is 8.45. The van der Waals surface area contributed by atoms with Crippen LogP contribution in [0.15, 0.2) is 30.5 Å². The zero-order chi connectivity index (χ0) is 16.1. The normalized spacial score (nSPS) is 29.4. The number of halogens is 1. The monoisotopic (exact) mass is 314 g/mol. The molecule has 3 heterocycles. The van der Waals surface area contributed by atoms with E-state index in [0.29, 0.717) is 12.5 Å². The van der Waals surface area contributed by atoms with Crippen molar-refractivity contribution in [1.82, 2.24) is 4.90 Å². The van der Waals surface area contributed by atoms with Crippen LogP contribution in [0.3, 0.4) is 0 Å². The summed E-state index contributed by atoms with van der Waals surface area (Å²) in [4.78, 5) is 4.43. The third kappa shape index (κ3) is 2.32. The van der Waals surface area contributed by atoms with Gasteiger partial charge in [-0.2, -0.15) is 0 Å². The van der Waals surface area contributed by atoms with Gasteiger partial charge in [-0.1, -0.05) is 19.6 Å². The summed E-state index contributed by atoms with van der Waals surface area (Å²) < 4.78 is 14.5. The summed E-state index contributed by atoms with van der Waals surface area (Å²) in [5.74, 6) is 0.353. The molecule has 1 saturated heterocycles. The number of hydrogen-bond acceptors (Lipinski definition) is 3. The van der Waals surface area contributed by atoms with Gasteiger partial charge in [0.15, 0.2) is 0 Å². The van der Waals surface area contributed by atoms with Crippen molar-refractivity contribution in [2.45, 2.75) is 25.4 Å². The molecule has 1 fully saturated rings. The molecular weight excluding hydrogens is 291 g/mol. The number of allylic oxidation sites excluding steroid dienone is 1. The second kappa shape index (κ2) is 5.46. The third-order valence-corrected chi connectivity index (χ3v) is 5.56. The third-order valence-electron chi connectivity index (χ3n) is 5.56. The molecule has 3 aliphatic heterocycles. The molecule has 0 aromatic heterocycles. The van der Waals surface area contributed by atoms with E-state index in [1.54, 1.807) is 6.07 Å². The summed E-state index contributed by atoms with van der Waals surface area (Å²) in [5.41, 5.74) is 3.82. The van der Waals surface area contributed by atoms with Gasteiger partial charge in [0.2, 0.25) is 0 Å². The maximum absolute atomic E-state index is 14.5. The van der Waals surface area contributed by atoms with E-state index in [1.165, 1.54) is 0 Å². The molecule has 0 aliphatic carbocycles. The fourth-order valence-electron chi connectivity index (χ4n) is 4.32. The average Bonchev–Trinajstić information content (AvgIpc) is 3.08. The number of aliphatic hydroxyl groups is 1. The van der Waals surface area contributed by atoms with Gasteiger partial charge in [-0.3, -0.25) is 4.90 Å². The summed E-state index contributed by atoms with van der Waals surface area (Å²) in [7, 11) is 0. The Bertz CT molecular complexity index is 684. The maximum atomic E-state index is 14.5.